The Balaban J connectivity index is 1.56. The number of aromatic nitrogens is 2. The van der Waals surface area contributed by atoms with Gasteiger partial charge < -0.3 is 19.3 Å². The van der Waals surface area contributed by atoms with Crippen molar-refractivity contribution >= 4 is 11.6 Å². The maximum Gasteiger partial charge on any atom is 0.270 e. The molecule has 1 aromatic heterocycles. The monoisotopic (exact) mass is 410 g/mol. The average molecular weight is 410 g/mol. The van der Waals surface area contributed by atoms with E-state index in [9.17, 15) is 14.9 Å². The lowest BCUT2D eigenvalue weighted by atomic mass is 10.0. The summed E-state index contributed by atoms with van der Waals surface area (Å²) < 4.78 is 16.1. The van der Waals surface area contributed by atoms with E-state index in [1.54, 1.807) is 18.2 Å². The molecule has 1 N–H and O–H groups in total. The third-order valence-electron chi connectivity index (χ3n) is 4.61. The molecule has 0 fully saturated rings. The molecule has 1 aliphatic heterocycles. The number of nitro benzene ring substituents is 1. The van der Waals surface area contributed by atoms with E-state index in [1.165, 1.54) is 24.3 Å². The smallest absolute Gasteiger partial charge is 0.270 e. The molecule has 4 rings (SSSR count). The van der Waals surface area contributed by atoms with Gasteiger partial charge in [-0.25, -0.2) is 0 Å². The van der Waals surface area contributed by atoms with Gasteiger partial charge >= 0.3 is 0 Å². The number of carbonyl (C=O) groups excluding carboxylic acids is 1. The maximum absolute atomic E-state index is 12.7. The summed E-state index contributed by atoms with van der Waals surface area (Å²) >= 11 is 0. The van der Waals surface area contributed by atoms with Crippen molar-refractivity contribution in [3.8, 4) is 22.9 Å². The van der Waals surface area contributed by atoms with Crippen LogP contribution in [0.25, 0.3) is 11.4 Å². The number of non-ortho nitro benzene ring substituents is 1. The van der Waals surface area contributed by atoms with Gasteiger partial charge in [-0.2, -0.15) is 4.98 Å². The van der Waals surface area contributed by atoms with E-state index >= 15 is 0 Å². The van der Waals surface area contributed by atoms with E-state index in [1.807, 2.05) is 13.8 Å². The SMILES string of the molecule is CC(C)[C@H](NC(=O)c1cccc([N+](=O)[O-])c1)c1nc(-c2ccc3c(c2)OCO3)no1. The summed E-state index contributed by atoms with van der Waals surface area (Å²) in [5.74, 6) is 1.28. The first kappa shape index (κ1) is 19.4. The highest BCUT2D eigenvalue weighted by atomic mass is 16.7. The lowest BCUT2D eigenvalue weighted by Gasteiger charge is -2.18. The third-order valence-corrected chi connectivity index (χ3v) is 4.61. The normalized spacial score (nSPS) is 13.3. The second-order valence-electron chi connectivity index (χ2n) is 7.03. The number of nitro groups is 1. The number of ether oxygens (including phenoxy) is 2. The molecule has 0 saturated carbocycles. The predicted molar refractivity (Wildman–Crippen MR) is 104 cm³/mol. The molecule has 0 aliphatic carbocycles. The Hall–Kier alpha value is -3.95. The molecule has 0 unspecified atom stereocenters. The molecule has 0 spiro atoms. The van der Waals surface area contributed by atoms with Crippen LogP contribution in [0.4, 0.5) is 5.69 Å². The Morgan fingerprint density at radius 3 is 2.73 bits per heavy atom. The lowest BCUT2D eigenvalue weighted by molar-refractivity contribution is -0.384. The first-order valence-electron chi connectivity index (χ1n) is 9.21. The van der Waals surface area contributed by atoms with Crippen LogP contribution in [0.3, 0.4) is 0 Å². The molecule has 10 nitrogen and oxygen atoms in total. The van der Waals surface area contributed by atoms with E-state index in [2.05, 4.69) is 15.5 Å². The van der Waals surface area contributed by atoms with Gasteiger partial charge in [0.1, 0.15) is 6.04 Å². The van der Waals surface area contributed by atoms with E-state index in [0.29, 0.717) is 22.9 Å². The number of hydrogen-bond donors (Lipinski definition) is 1. The Morgan fingerprint density at radius 1 is 1.17 bits per heavy atom. The van der Waals surface area contributed by atoms with Gasteiger partial charge in [-0.15, -0.1) is 0 Å². The maximum atomic E-state index is 12.7. The van der Waals surface area contributed by atoms with Crippen molar-refractivity contribution in [1.82, 2.24) is 15.5 Å². The molecular weight excluding hydrogens is 392 g/mol. The summed E-state index contributed by atoms with van der Waals surface area (Å²) in [6.07, 6.45) is 0. The molecule has 30 heavy (non-hydrogen) atoms. The van der Waals surface area contributed by atoms with E-state index < -0.39 is 16.9 Å². The molecule has 0 bridgehead atoms. The molecule has 154 valence electrons. The van der Waals surface area contributed by atoms with Crippen molar-refractivity contribution in [2.75, 3.05) is 6.79 Å². The standard InChI is InChI=1S/C20H18N4O6/c1-11(2)17(21-19(25)13-4-3-5-14(8-13)24(26)27)20-22-18(23-30-20)12-6-7-15-16(9-12)29-10-28-15/h3-9,11,17H,10H2,1-2H3,(H,21,25)/t17-/m0/s1. The Morgan fingerprint density at radius 2 is 1.97 bits per heavy atom. The van der Waals surface area contributed by atoms with Gasteiger partial charge in [0.2, 0.25) is 18.5 Å². The molecule has 10 heteroatoms. The first-order chi connectivity index (χ1) is 14.4. The van der Waals surface area contributed by atoms with Gasteiger partial charge in [-0.1, -0.05) is 25.1 Å². The average Bonchev–Trinajstić information content (AvgIpc) is 3.40. The van der Waals surface area contributed by atoms with E-state index in [-0.39, 0.29) is 29.9 Å². The summed E-state index contributed by atoms with van der Waals surface area (Å²) in [5.41, 5.74) is 0.693. The van der Waals surface area contributed by atoms with Crippen molar-refractivity contribution in [3.63, 3.8) is 0 Å². The highest BCUT2D eigenvalue weighted by Crippen LogP contribution is 2.35. The number of fused-ring (bicyclic) bond motifs is 1. The minimum atomic E-state index is -0.577. The van der Waals surface area contributed by atoms with Gasteiger partial charge in [0.15, 0.2) is 11.5 Å². The van der Waals surface area contributed by atoms with Crippen LogP contribution in [0.2, 0.25) is 0 Å². The topological polar surface area (TPSA) is 130 Å². The number of carbonyl (C=O) groups is 1. The second-order valence-corrected chi connectivity index (χ2v) is 7.03. The van der Waals surface area contributed by atoms with Crippen molar-refractivity contribution < 1.29 is 23.7 Å². The molecule has 3 aromatic rings. The Kier molecular flexibility index (Phi) is 5.05. The number of benzene rings is 2. The van der Waals surface area contributed by atoms with Crippen molar-refractivity contribution in [3.05, 3.63) is 64.0 Å². The largest absolute Gasteiger partial charge is 0.454 e. The number of nitrogens with one attached hydrogen (secondary N) is 1. The molecule has 1 aliphatic rings. The molecule has 0 saturated heterocycles. The predicted octanol–water partition coefficient (Wildman–Crippen LogP) is 3.50. The number of rotatable bonds is 6. The highest BCUT2D eigenvalue weighted by Gasteiger charge is 2.26. The highest BCUT2D eigenvalue weighted by molar-refractivity contribution is 5.95. The van der Waals surface area contributed by atoms with Crippen LogP contribution >= 0.6 is 0 Å². The summed E-state index contributed by atoms with van der Waals surface area (Å²) in [6, 6.07) is 10.2. The van der Waals surface area contributed by atoms with E-state index in [4.69, 9.17) is 14.0 Å². The van der Waals surface area contributed by atoms with Crippen LogP contribution in [0.5, 0.6) is 11.5 Å². The fourth-order valence-electron chi connectivity index (χ4n) is 3.01. The molecule has 0 radical (unpaired) electrons. The zero-order valence-corrected chi connectivity index (χ0v) is 16.2. The van der Waals surface area contributed by atoms with Crippen LogP contribution in [-0.2, 0) is 0 Å². The minimum absolute atomic E-state index is 0.0716. The minimum Gasteiger partial charge on any atom is -0.454 e. The van der Waals surface area contributed by atoms with Gasteiger partial charge in [0.25, 0.3) is 11.6 Å². The van der Waals surface area contributed by atoms with Crippen LogP contribution in [-0.4, -0.2) is 27.8 Å². The van der Waals surface area contributed by atoms with Gasteiger partial charge in [0.05, 0.1) is 4.92 Å². The zero-order chi connectivity index (χ0) is 21.3. The quantitative estimate of drug-likeness (QED) is 0.483. The summed E-state index contributed by atoms with van der Waals surface area (Å²) in [4.78, 5) is 27.5. The van der Waals surface area contributed by atoms with Crippen molar-refractivity contribution in [2.24, 2.45) is 5.92 Å². The second kappa shape index (κ2) is 7.82. The van der Waals surface area contributed by atoms with Gasteiger partial charge in [-0.3, -0.25) is 14.9 Å². The molecule has 2 aromatic carbocycles. The molecule has 1 amide bonds. The Bertz CT molecular complexity index is 1110. The number of amides is 1. The van der Waals surface area contributed by atoms with Crippen molar-refractivity contribution in [1.29, 1.82) is 0 Å². The van der Waals surface area contributed by atoms with Crippen molar-refractivity contribution in [2.45, 2.75) is 19.9 Å². The third kappa shape index (κ3) is 3.79. The zero-order valence-electron chi connectivity index (χ0n) is 16.2. The van der Waals surface area contributed by atoms with Gasteiger partial charge in [-0.05, 0) is 30.2 Å². The summed E-state index contributed by atoms with van der Waals surface area (Å²) in [6.45, 7) is 3.95. The first-order valence-corrected chi connectivity index (χ1v) is 9.21. The van der Waals surface area contributed by atoms with Crippen LogP contribution in [0.15, 0.2) is 47.0 Å². The fraction of sp³-hybridized carbons (Fsp3) is 0.250. The Labute approximate surface area is 171 Å². The van der Waals surface area contributed by atoms with Crippen LogP contribution < -0.4 is 14.8 Å². The fourth-order valence-corrected chi connectivity index (χ4v) is 3.01. The summed E-state index contributed by atoms with van der Waals surface area (Å²) in [7, 11) is 0. The molecule has 2 heterocycles. The van der Waals surface area contributed by atoms with Gasteiger partial charge in [0, 0.05) is 23.3 Å². The summed E-state index contributed by atoms with van der Waals surface area (Å²) in [5, 5.41) is 17.8. The lowest BCUT2D eigenvalue weighted by Crippen LogP contribution is -2.32. The van der Waals surface area contributed by atoms with Crippen LogP contribution in [0.1, 0.15) is 36.1 Å². The number of nitrogens with zero attached hydrogens (tertiary/aromatic N) is 3. The van der Waals surface area contributed by atoms with E-state index in [0.717, 1.165) is 0 Å². The molecule has 1 atom stereocenters. The number of hydrogen-bond acceptors (Lipinski definition) is 8. The molecular formula is C20H18N4O6. The van der Waals surface area contributed by atoms with Crippen LogP contribution in [0, 0.1) is 16.0 Å².